The van der Waals surface area contributed by atoms with Crippen LogP contribution >= 0.6 is 0 Å². The van der Waals surface area contributed by atoms with E-state index in [1.54, 1.807) is 17.7 Å². The summed E-state index contributed by atoms with van der Waals surface area (Å²) in [6.07, 6.45) is 6.44. The Hall–Kier alpha value is -4.07. The second-order valence-corrected chi connectivity index (χ2v) is 7.37. The first-order valence-corrected chi connectivity index (χ1v) is 10.5. The number of hydrogen-bond acceptors (Lipinski definition) is 5. The zero-order valence-electron chi connectivity index (χ0n) is 18.0. The highest BCUT2D eigenvalue weighted by Crippen LogP contribution is 2.29. The van der Waals surface area contributed by atoms with Gasteiger partial charge in [-0.2, -0.15) is 0 Å². The number of aromatic nitrogens is 6. The summed E-state index contributed by atoms with van der Waals surface area (Å²) < 4.78 is 2.88. The quantitative estimate of drug-likeness (QED) is 0.453. The molecule has 0 aliphatic heterocycles. The number of H-pyrrole nitrogens is 1. The first-order valence-electron chi connectivity index (χ1n) is 10.5. The van der Waals surface area contributed by atoms with E-state index in [2.05, 4.69) is 20.6 Å². The average molecular weight is 428 g/mol. The predicted octanol–water partition coefficient (Wildman–Crippen LogP) is 3.71. The van der Waals surface area contributed by atoms with Crippen LogP contribution in [-0.2, 0) is 13.0 Å². The fraction of sp³-hybridized carbons (Fsp3) is 0.208. The van der Waals surface area contributed by atoms with Gasteiger partial charge in [0.15, 0.2) is 5.82 Å². The number of tetrazole rings is 1. The average Bonchev–Trinajstić information content (AvgIpc) is 3.47. The Morgan fingerprint density at radius 1 is 1.09 bits per heavy atom. The molecular formula is C24H24N6O2. The lowest BCUT2D eigenvalue weighted by Crippen LogP contribution is -2.29. The zero-order chi connectivity index (χ0) is 22.5. The van der Waals surface area contributed by atoms with Crippen molar-refractivity contribution in [3.63, 3.8) is 0 Å². The summed E-state index contributed by atoms with van der Waals surface area (Å²) in [5, 5.41) is 14.2. The Morgan fingerprint density at radius 3 is 2.50 bits per heavy atom. The Kier molecular flexibility index (Phi) is 6.21. The Balaban J connectivity index is 1.65. The van der Waals surface area contributed by atoms with Gasteiger partial charge in [0.2, 0.25) is 5.91 Å². The van der Waals surface area contributed by atoms with Gasteiger partial charge >= 0.3 is 5.69 Å². The van der Waals surface area contributed by atoms with Crippen molar-refractivity contribution in [3.8, 4) is 22.5 Å². The maximum absolute atomic E-state index is 12.9. The van der Waals surface area contributed by atoms with Gasteiger partial charge in [-0.1, -0.05) is 67.6 Å². The van der Waals surface area contributed by atoms with Crippen LogP contribution in [0.4, 0.5) is 0 Å². The van der Waals surface area contributed by atoms with E-state index < -0.39 is 0 Å². The molecule has 0 amide bonds. The van der Waals surface area contributed by atoms with Crippen LogP contribution in [-0.4, -0.2) is 35.7 Å². The summed E-state index contributed by atoms with van der Waals surface area (Å²) in [5.41, 5.74) is 4.40. The Morgan fingerprint density at radius 2 is 1.84 bits per heavy atom. The molecular weight excluding hydrogens is 404 g/mol. The van der Waals surface area contributed by atoms with E-state index >= 15 is 0 Å². The van der Waals surface area contributed by atoms with Crippen molar-refractivity contribution in [2.75, 3.05) is 0 Å². The summed E-state index contributed by atoms with van der Waals surface area (Å²) in [7, 11) is 0. The Bertz CT molecular complexity index is 1300. The third-order valence-electron chi connectivity index (χ3n) is 5.33. The standard InChI is InChI=1S/C24H24N6O2/c1-3-5-8-19-16-30(22(31)4-2)24(32)29(19)15-17-11-13-18(14-12-17)20-9-6-7-10-21(20)23-25-27-28-26-23/h3,5-7,9-14,16H,4,8,15H2,1-2H3,(H,25,26,27,28)/b5-3+. The summed E-state index contributed by atoms with van der Waals surface area (Å²) >= 11 is 0. The molecule has 8 heteroatoms. The molecule has 0 bridgehead atoms. The lowest BCUT2D eigenvalue weighted by molar-refractivity contribution is 0.0904. The Labute approximate surface area is 185 Å². The molecule has 0 saturated heterocycles. The van der Waals surface area contributed by atoms with Gasteiger partial charge in [0.25, 0.3) is 0 Å². The highest BCUT2D eigenvalue weighted by atomic mass is 16.2. The molecule has 8 nitrogen and oxygen atoms in total. The molecule has 162 valence electrons. The van der Waals surface area contributed by atoms with Crippen LogP contribution in [0.3, 0.4) is 0 Å². The first kappa shape index (κ1) is 21.2. The number of nitrogens with one attached hydrogen (secondary N) is 1. The minimum Gasteiger partial charge on any atom is -0.291 e. The second-order valence-electron chi connectivity index (χ2n) is 7.37. The lowest BCUT2D eigenvalue weighted by atomic mass is 9.98. The van der Waals surface area contributed by atoms with Gasteiger partial charge < -0.3 is 0 Å². The van der Waals surface area contributed by atoms with Crippen molar-refractivity contribution in [1.29, 1.82) is 0 Å². The summed E-state index contributed by atoms with van der Waals surface area (Å²) in [4.78, 5) is 25.1. The summed E-state index contributed by atoms with van der Waals surface area (Å²) in [6.45, 7) is 4.08. The van der Waals surface area contributed by atoms with E-state index in [0.29, 0.717) is 18.8 Å². The van der Waals surface area contributed by atoms with E-state index in [-0.39, 0.29) is 18.0 Å². The number of allylic oxidation sites excluding steroid dienone is 2. The smallest absolute Gasteiger partial charge is 0.291 e. The fourth-order valence-electron chi connectivity index (χ4n) is 3.63. The second kappa shape index (κ2) is 9.38. The molecule has 32 heavy (non-hydrogen) atoms. The molecule has 0 unspecified atom stereocenters. The van der Waals surface area contributed by atoms with Crippen molar-refractivity contribution in [2.24, 2.45) is 0 Å². The molecule has 2 aromatic carbocycles. The molecule has 1 N–H and O–H groups in total. The molecule has 0 aliphatic rings. The molecule has 0 radical (unpaired) electrons. The van der Waals surface area contributed by atoms with Crippen LogP contribution in [0.5, 0.6) is 0 Å². The minimum absolute atomic E-state index is 0.204. The molecule has 0 atom stereocenters. The van der Waals surface area contributed by atoms with Crippen LogP contribution in [0, 0.1) is 0 Å². The number of benzene rings is 2. The third-order valence-corrected chi connectivity index (χ3v) is 5.33. The minimum atomic E-state index is -0.302. The third kappa shape index (κ3) is 4.20. The largest absolute Gasteiger partial charge is 0.335 e. The van der Waals surface area contributed by atoms with Crippen LogP contribution < -0.4 is 5.69 Å². The van der Waals surface area contributed by atoms with Gasteiger partial charge in [0, 0.05) is 30.3 Å². The predicted molar refractivity (Wildman–Crippen MR) is 122 cm³/mol. The number of nitrogens with zero attached hydrogens (tertiary/aromatic N) is 5. The molecule has 2 heterocycles. The maximum atomic E-state index is 12.9. The van der Waals surface area contributed by atoms with Crippen molar-refractivity contribution in [3.05, 3.63) is 88.6 Å². The molecule has 2 aromatic heterocycles. The molecule has 4 aromatic rings. The number of carbonyl (C=O) groups excluding carboxylic acids is 1. The molecule has 4 rings (SSSR count). The van der Waals surface area contributed by atoms with Crippen LogP contribution in [0.1, 0.15) is 36.3 Å². The van der Waals surface area contributed by atoms with Gasteiger partial charge in [-0.3, -0.25) is 9.36 Å². The highest BCUT2D eigenvalue weighted by Gasteiger charge is 2.15. The van der Waals surface area contributed by atoms with Crippen molar-refractivity contribution >= 4 is 5.91 Å². The van der Waals surface area contributed by atoms with Gasteiger partial charge in [-0.15, -0.1) is 5.10 Å². The molecule has 0 saturated carbocycles. The van der Waals surface area contributed by atoms with E-state index in [0.717, 1.165) is 27.9 Å². The number of hydrogen-bond donors (Lipinski definition) is 1. The summed E-state index contributed by atoms with van der Waals surface area (Å²) in [6, 6.07) is 15.9. The fourth-order valence-corrected chi connectivity index (χ4v) is 3.63. The normalized spacial score (nSPS) is 11.3. The van der Waals surface area contributed by atoms with Crippen molar-refractivity contribution in [1.82, 2.24) is 29.8 Å². The number of rotatable bonds is 7. The van der Waals surface area contributed by atoms with Crippen LogP contribution in [0.25, 0.3) is 22.5 Å². The monoisotopic (exact) mass is 428 g/mol. The number of carbonyl (C=O) groups is 1. The van der Waals surface area contributed by atoms with E-state index in [9.17, 15) is 9.59 Å². The molecule has 0 aliphatic carbocycles. The van der Waals surface area contributed by atoms with Gasteiger partial charge in [0.1, 0.15) is 0 Å². The van der Waals surface area contributed by atoms with Crippen LogP contribution in [0.2, 0.25) is 0 Å². The first-order chi connectivity index (χ1) is 15.6. The molecule has 0 spiro atoms. The van der Waals surface area contributed by atoms with Gasteiger partial charge in [0.05, 0.1) is 6.54 Å². The molecule has 0 fully saturated rings. The topological polar surface area (TPSA) is 98.5 Å². The van der Waals surface area contributed by atoms with Gasteiger partial charge in [-0.25, -0.2) is 14.5 Å². The maximum Gasteiger partial charge on any atom is 0.335 e. The lowest BCUT2D eigenvalue weighted by Gasteiger charge is -2.10. The van der Waals surface area contributed by atoms with E-state index in [1.165, 1.54) is 4.57 Å². The van der Waals surface area contributed by atoms with E-state index in [1.807, 2.05) is 67.6 Å². The van der Waals surface area contributed by atoms with E-state index in [4.69, 9.17) is 0 Å². The number of aromatic amines is 1. The zero-order valence-corrected chi connectivity index (χ0v) is 18.0. The highest BCUT2D eigenvalue weighted by molar-refractivity contribution is 5.80. The summed E-state index contributed by atoms with van der Waals surface area (Å²) in [5.74, 6) is 0.399. The van der Waals surface area contributed by atoms with Crippen molar-refractivity contribution < 1.29 is 4.79 Å². The van der Waals surface area contributed by atoms with Crippen LogP contribution in [0.15, 0.2) is 71.7 Å². The SMILES string of the molecule is C/C=C/Cc1cn(C(=O)CC)c(=O)n1Cc1ccc(-c2ccccc2-c2nnn[nH]2)cc1. The van der Waals surface area contributed by atoms with Gasteiger partial charge in [-0.05, 0) is 34.0 Å². The van der Waals surface area contributed by atoms with Crippen molar-refractivity contribution in [2.45, 2.75) is 33.2 Å². The number of imidazole rings is 1.